The smallest absolute Gasteiger partial charge is 0.310 e. The van der Waals surface area contributed by atoms with Crippen LogP contribution in [0.15, 0.2) is 35.7 Å². The molecule has 94 valence electrons. The number of thiophene rings is 1. The molecule has 0 aliphatic rings. The van der Waals surface area contributed by atoms with Gasteiger partial charge in [0.1, 0.15) is 5.75 Å². The summed E-state index contributed by atoms with van der Waals surface area (Å²) in [6.07, 6.45) is 0. The summed E-state index contributed by atoms with van der Waals surface area (Å²) in [5, 5.41) is 10.9. The van der Waals surface area contributed by atoms with Crippen LogP contribution >= 0.6 is 11.3 Å². The Morgan fingerprint density at radius 3 is 2.56 bits per heavy atom. The Labute approximate surface area is 110 Å². The highest BCUT2D eigenvalue weighted by molar-refractivity contribution is 7.14. The summed E-state index contributed by atoms with van der Waals surface area (Å²) in [6.45, 7) is 1.67. The lowest BCUT2D eigenvalue weighted by molar-refractivity contribution is -0.138. The van der Waals surface area contributed by atoms with E-state index in [0.29, 0.717) is 5.75 Å². The van der Waals surface area contributed by atoms with E-state index in [0.717, 1.165) is 16.0 Å². The maximum Gasteiger partial charge on any atom is 0.310 e. The minimum Gasteiger partial charge on any atom is -0.495 e. The quantitative estimate of drug-likeness (QED) is 0.915. The lowest BCUT2D eigenvalue weighted by Gasteiger charge is -2.09. The van der Waals surface area contributed by atoms with Gasteiger partial charge in [0.15, 0.2) is 0 Å². The molecule has 0 fully saturated rings. The number of carboxylic acids is 1. The number of hydrogen-bond acceptors (Lipinski definition) is 3. The normalized spacial score (nSPS) is 12.1. The van der Waals surface area contributed by atoms with E-state index in [1.54, 1.807) is 14.0 Å². The molecule has 0 spiro atoms. The molecule has 2 aromatic rings. The van der Waals surface area contributed by atoms with Crippen molar-refractivity contribution in [3.05, 3.63) is 41.3 Å². The van der Waals surface area contributed by atoms with E-state index in [9.17, 15) is 4.79 Å². The van der Waals surface area contributed by atoms with Crippen molar-refractivity contribution in [1.29, 1.82) is 0 Å². The number of benzene rings is 1. The van der Waals surface area contributed by atoms with Gasteiger partial charge in [-0.05, 0) is 17.9 Å². The number of ether oxygens (including phenoxy) is 1. The molecule has 0 radical (unpaired) electrons. The maximum atomic E-state index is 11.1. The fourth-order valence-electron chi connectivity index (χ4n) is 1.79. The van der Waals surface area contributed by atoms with Crippen molar-refractivity contribution in [1.82, 2.24) is 0 Å². The summed E-state index contributed by atoms with van der Waals surface area (Å²) in [6, 6.07) is 9.83. The van der Waals surface area contributed by atoms with Gasteiger partial charge in [-0.3, -0.25) is 4.79 Å². The lowest BCUT2D eigenvalue weighted by Crippen LogP contribution is -2.07. The topological polar surface area (TPSA) is 46.5 Å². The first-order valence-corrected chi connectivity index (χ1v) is 6.46. The first-order valence-electron chi connectivity index (χ1n) is 5.58. The standard InChI is InChI=1S/C14H14O3S/c1-9(14(15)16)11-8-18-13(12(11)17-2)10-6-4-3-5-7-10/h3-9H,1-2H3,(H,15,16)/t9-/m0/s1. The van der Waals surface area contributed by atoms with Gasteiger partial charge in [-0.1, -0.05) is 30.3 Å². The SMILES string of the molecule is COc1c([C@H](C)C(=O)O)csc1-c1ccccc1. The van der Waals surface area contributed by atoms with Crippen LogP contribution < -0.4 is 4.74 Å². The molecule has 0 bridgehead atoms. The molecule has 1 N–H and O–H groups in total. The summed E-state index contributed by atoms with van der Waals surface area (Å²) in [5.41, 5.74) is 1.78. The number of hydrogen-bond donors (Lipinski definition) is 1. The van der Waals surface area contributed by atoms with Crippen molar-refractivity contribution >= 4 is 17.3 Å². The average Bonchev–Trinajstić information content (AvgIpc) is 2.82. The van der Waals surface area contributed by atoms with Crippen molar-refractivity contribution < 1.29 is 14.6 Å². The molecule has 1 heterocycles. The van der Waals surface area contributed by atoms with E-state index in [1.807, 2.05) is 35.7 Å². The van der Waals surface area contributed by atoms with Crippen LogP contribution in [0.1, 0.15) is 18.4 Å². The first kappa shape index (κ1) is 12.6. The van der Waals surface area contributed by atoms with E-state index < -0.39 is 11.9 Å². The van der Waals surface area contributed by atoms with Crippen molar-refractivity contribution in [3.63, 3.8) is 0 Å². The summed E-state index contributed by atoms with van der Waals surface area (Å²) < 4.78 is 5.39. The molecule has 0 saturated carbocycles. The van der Waals surface area contributed by atoms with E-state index in [1.165, 1.54) is 11.3 Å². The van der Waals surface area contributed by atoms with Crippen molar-refractivity contribution in [2.24, 2.45) is 0 Å². The first-order chi connectivity index (χ1) is 8.65. The maximum absolute atomic E-state index is 11.1. The Hall–Kier alpha value is -1.81. The number of aliphatic carboxylic acids is 1. The molecular formula is C14H14O3S. The molecule has 0 amide bonds. The van der Waals surface area contributed by atoms with Crippen molar-refractivity contribution in [2.75, 3.05) is 7.11 Å². The second-order valence-electron chi connectivity index (χ2n) is 3.98. The molecule has 0 unspecified atom stereocenters. The molecule has 3 nitrogen and oxygen atoms in total. The summed E-state index contributed by atoms with van der Waals surface area (Å²) in [7, 11) is 1.58. The molecular weight excluding hydrogens is 248 g/mol. The molecule has 1 atom stereocenters. The highest BCUT2D eigenvalue weighted by Gasteiger charge is 2.22. The molecule has 1 aromatic heterocycles. The number of carbonyl (C=O) groups is 1. The minimum atomic E-state index is -0.842. The second-order valence-corrected chi connectivity index (χ2v) is 4.86. The fourth-order valence-corrected chi connectivity index (χ4v) is 2.93. The van der Waals surface area contributed by atoms with E-state index in [4.69, 9.17) is 9.84 Å². The lowest BCUT2D eigenvalue weighted by atomic mass is 10.0. The summed E-state index contributed by atoms with van der Waals surface area (Å²) in [4.78, 5) is 12.0. The third-order valence-electron chi connectivity index (χ3n) is 2.85. The van der Waals surface area contributed by atoms with Crippen LogP contribution in [0, 0.1) is 0 Å². The van der Waals surface area contributed by atoms with Gasteiger partial charge < -0.3 is 9.84 Å². The fraction of sp³-hybridized carbons (Fsp3) is 0.214. The van der Waals surface area contributed by atoms with Crippen LogP contribution in [-0.4, -0.2) is 18.2 Å². The Morgan fingerprint density at radius 1 is 1.33 bits per heavy atom. The van der Waals surface area contributed by atoms with E-state index in [2.05, 4.69) is 0 Å². The average molecular weight is 262 g/mol. The van der Waals surface area contributed by atoms with E-state index >= 15 is 0 Å². The van der Waals surface area contributed by atoms with Gasteiger partial charge in [0.25, 0.3) is 0 Å². The summed E-state index contributed by atoms with van der Waals surface area (Å²) >= 11 is 1.51. The number of carboxylic acid groups (broad SMARTS) is 1. The molecule has 0 aliphatic carbocycles. The molecule has 2 rings (SSSR count). The predicted octanol–water partition coefficient (Wildman–Crippen LogP) is 3.61. The largest absolute Gasteiger partial charge is 0.495 e. The van der Waals surface area contributed by atoms with Gasteiger partial charge in [-0.25, -0.2) is 0 Å². The minimum absolute atomic E-state index is 0.561. The van der Waals surface area contributed by atoms with Crippen LogP contribution in [0.25, 0.3) is 10.4 Å². The third-order valence-corrected chi connectivity index (χ3v) is 3.88. The molecule has 1 aromatic carbocycles. The summed E-state index contributed by atoms with van der Waals surface area (Å²) in [5.74, 6) is -0.736. The van der Waals surface area contributed by atoms with Crippen LogP contribution in [0.3, 0.4) is 0 Å². The molecule has 4 heteroatoms. The second kappa shape index (κ2) is 5.23. The zero-order valence-corrected chi connectivity index (χ0v) is 11.0. The van der Waals surface area contributed by atoms with E-state index in [-0.39, 0.29) is 0 Å². The van der Waals surface area contributed by atoms with Gasteiger partial charge in [-0.15, -0.1) is 11.3 Å². The zero-order valence-electron chi connectivity index (χ0n) is 10.2. The third kappa shape index (κ3) is 2.24. The van der Waals surface area contributed by atoms with Gasteiger partial charge >= 0.3 is 5.97 Å². The van der Waals surface area contributed by atoms with Crippen LogP contribution in [0.4, 0.5) is 0 Å². The zero-order chi connectivity index (χ0) is 13.1. The van der Waals surface area contributed by atoms with Crippen LogP contribution in [0.5, 0.6) is 5.75 Å². The Kier molecular flexibility index (Phi) is 3.67. The Bertz CT molecular complexity index is 545. The van der Waals surface area contributed by atoms with Crippen molar-refractivity contribution in [2.45, 2.75) is 12.8 Å². The molecule has 0 saturated heterocycles. The van der Waals surface area contributed by atoms with Crippen molar-refractivity contribution in [3.8, 4) is 16.2 Å². The van der Waals surface area contributed by atoms with Gasteiger partial charge in [0, 0.05) is 5.56 Å². The monoisotopic (exact) mass is 262 g/mol. The molecule has 0 aliphatic heterocycles. The highest BCUT2D eigenvalue weighted by atomic mass is 32.1. The van der Waals surface area contributed by atoms with Crippen LogP contribution in [-0.2, 0) is 4.79 Å². The van der Waals surface area contributed by atoms with Gasteiger partial charge in [-0.2, -0.15) is 0 Å². The van der Waals surface area contributed by atoms with Crippen LogP contribution in [0.2, 0.25) is 0 Å². The van der Waals surface area contributed by atoms with Gasteiger partial charge in [0.05, 0.1) is 17.9 Å². The Balaban J connectivity index is 2.49. The number of methoxy groups -OCH3 is 1. The Morgan fingerprint density at radius 2 is 2.00 bits per heavy atom. The predicted molar refractivity (Wildman–Crippen MR) is 72.4 cm³/mol. The number of rotatable bonds is 4. The van der Waals surface area contributed by atoms with Gasteiger partial charge in [0.2, 0.25) is 0 Å². The highest BCUT2D eigenvalue weighted by Crippen LogP contribution is 2.42. The molecule has 18 heavy (non-hydrogen) atoms.